The third kappa shape index (κ3) is 477. The molecule has 0 radical (unpaired) electrons. The van der Waals surface area contributed by atoms with Crippen LogP contribution in [0.4, 0.5) is 0 Å². The summed E-state index contributed by atoms with van der Waals surface area (Å²) in [4.78, 5) is 0. The van der Waals surface area contributed by atoms with E-state index in [2.05, 4.69) is 13.2 Å². The molecule has 0 aliphatic heterocycles. The predicted molar refractivity (Wildman–Crippen MR) is 43.1 cm³/mol. The first-order valence-electron chi connectivity index (χ1n) is 3.15. The van der Waals surface area contributed by atoms with Crippen molar-refractivity contribution in [1.29, 1.82) is 0 Å². The van der Waals surface area contributed by atoms with Gasteiger partial charge in [-0.2, -0.15) is 0 Å². The summed E-state index contributed by atoms with van der Waals surface area (Å²) >= 11 is 0. The first-order valence-corrected chi connectivity index (χ1v) is 3.15. The Morgan fingerprint density at radius 2 is 0.875 bits per heavy atom. The summed E-state index contributed by atoms with van der Waals surface area (Å²) in [7, 11) is 0. The smallest absolute Gasteiger partial charge is 0.0683 e. The van der Waals surface area contributed by atoms with Crippen molar-refractivity contribution in [2.24, 2.45) is 0 Å². The van der Waals surface area contributed by atoms with E-state index >= 15 is 0 Å². The highest BCUT2D eigenvalue weighted by Crippen LogP contribution is 1.52. The molecule has 0 N–H and O–H groups in total. The summed E-state index contributed by atoms with van der Waals surface area (Å²) in [5, 5.41) is 0. The van der Waals surface area contributed by atoms with Crippen LogP contribution in [0.5, 0.6) is 0 Å². The van der Waals surface area contributed by atoms with Gasteiger partial charge in [0.2, 0.25) is 0 Å². The van der Waals surface area contributed by atoms with Crippen molar-refractivity contribution in [1.82, 2.24) is 0 Å². The van der Waals surface area contributed by atoms with Crippen molar-refractivity contribution in [2.45, 2.75) is 27.7 Å². The maximum atomic E-state index is 3.36. The molecule has 0 aliphatic rings. The van der Waals surface area contributed by atoms with Crippen LogP contribution in [-0.4, -0.2) is 0 Å². The molecule has 0 unspecified atom stereocenters. The molecule has 0 nitrogen and oxygen atoms in total. The fourth-order valence-corrected chi connectivity index (χ4v) is 0. The highest BCUT2D eigenvalue weighted by atomic mass is 13.4. The van der Waals surface area contributed by atoms with Crippen LogP contribution in [0.25, 0.3) is 0 Å². The fraction of sp³-hybridized carbons (Fsp3) is 0.500. The van der Waals surface area contributed by atoms with Crippen molar-refractivity contribution in [3.63, 3.8) is 0 Å². The molecule has 0 aromatic heterocycles. The van der Waals surface area contributed by atoms with Crippen molar-refractivity contribution < 1.29 is 0 Å². The minimum atomic E-state index is 1.64. The molecule has 0 heterocycles. The van der Waals surface area contributed by atoms with E-state index in [9.17, 15) is 0 Å². The quantitative estimate of drug-likeness (QED) is 0.458. The van der Waals surface area contributed by atoms with Gasteiger partial charge in [0.05, 0.1) is 0 Å². The summed E-state index contributed by atoms with van der Waals surface area (Å²) < 4.78 is 0. The molecule has 0 saturated heterocycles. The van der Waals surface area contributed by atoms with Gasteiger partial charge < -0.3 is 0 Å². The van der Waals surface area contributed by atoms with Crippen LogP contribution in [0.3, 0.4) is 0 Å². The van der Waals surface area contributed by atoms with Gasteiger partial charge in [-0.15, -0.1) is 0 Å². The summed E-state index contributed by atoms with van der Waals surface area (Å²) in [6, 6.07) is 0. The second-order valence-corrected chi connectivity index (χ2v) is 0.471. The molecule has 8 heavy (non-hydrogen) atoms. The molecule has 0 atom stereocenters. The number of hydrogen-bond acceptors (Lipinski definition) is 0. The van der Waals surface area contributed by atoms with Gasteiger partial charge in [0.15, 0.2) is 0 Å². The van der Waals surface area contributed by atoms with Gasteiger partial charge >= 0.3 is 0 Å². The van der Waals surface area contributed by atoms with Gasteiger partial charge in [0.25, 0.3) is 0 Å². The van der Waals surface area contributed by atoms with E-state index in [4.69, 9.17) is 0 Å². The van der Waals surface area contributed by atoms with Gasteiger partial charge in [-0.3, -0.25) is 0 Å². The molecular weight excluding hydrogens is 96.1 g/mol. The molecule has 0 fully saturated rings. The second-order valence-electron chi connectivity index (χ2n) is 0.471. The Labute approximate surface area is 53.9 Å². The number of rotatable bonds is 1. The zero-order chi connectivity index (χ0) is 7.41. The van der Waals surface area contributed by atoms with E-state index in [0.717, 1.165) is 0 Å². The first-order chi connectivity index (χ1) is 3.91. The molecule has 0 bridgehead atoms. The molecule has 0 aliphatic carbocycles. The molecule has 0 spiro atoms. The van der Waals surface area contributed by atoms with Crippen LogP contribution in [0, 0.1) is 0 Å². The van der Waals surface area contributed by atoms with Gasteiger partial charge in [0.1, 0.15) is 0 Å². The summed E-state index contributed by atoms with van der Waals surface area (Å²) in [6.07, 6.45) is 3.28. The maximum absolute atomic E-state index is 3.36. The molecule has 50 valence electrons. The molecule has 0 saturated carbocycles. The van der Waals surface area contributed by atoms with Crippen molar-refractivity contribution >= 4 is 0 Å². The number of hydrogen-bond donors (Lipinski definition) is 0. The van der Waals surface area contributed by atoms with Crippen LogP contribution in [0.1, 0.15) is 27.7 Å². The number of allylic oxidation sites excluding steroid dienone is 2. The Bertz CT molecular complexity index is 21.0. The van der Waals surface area contributed by atoms with Crippen molar-refractivity contribution in [3.8, 4) is 0 Å². The highest BCUT2D eigenvalue weighted by Gasteiger charge is 1.29. The predicted octanol–water partition coefficient (Wildman–Crippen LogP) is 3.41. The second kappa shape index (κ2) is 88.8. The van der Waals surface area contributed by atoms with Gasteiger partial charge in [-0.05, 0) is 0 Å². The minimum absolute atomic E-state index is 1.64. The van der Waals surface area contributed by atoms with Crippen LogP contribution in [0.2, 0.25) is 0 Å². The largest absolute Gasteiger partial charge is 0.0991 e. The minimum Gasteiger partial charge on any atom is -0.0991 e. The Kier molecular flexibility index (Phi) is 174. The summed E-state index contributed by atoms with van der Waals surface area (Å²) in [5.41, 5.74) is 0. The third-order valence-corrected chi connectivity index (χ3v) is 0.167. The Hall–Kier alpha value is -0.520. The zero-order valence-electron chi connectivity index (χ0n) is 6.57. The van der Waals surface area contributed by atoms with Crippen LogP contribution in [-0.2, 0) is 0 Å². The van der Waals surface area contributed by atoms with E-state index in [0.29, 0.717) is 0 Å². The topological polar surface area (TPSA) is 0 Å². The first kappa shape index (κ1) is 15.6. The van der Waals surface area contributed by atoms with E-state index in [1.807, 2.05) is 27.7 Å². The van der Waals surface area contributed by atoms with Crippen LogP contribution in [0.15, 0.2) is 25.3 Å². The summed E-state index contributed by atoms with van der Waals surface area (Å²) in [6.45, 7) is 14.7. The van der Waals surface area contributed by atoms with Crippen molar-refractivity contribution in [3.05, 3.63) is 25.3 Å². The SMILES string of the molecule is C=CC=C.CC.CC. The standard InChI is InChI=1S/C4H6.2C2H6/c1-3-4-2;2*1-2/h3-4H,1-2H2;2*1-2H3. The molecule has 0 aromatic carbocycles. The lowest BCUT2D eigenvalue weighted by atomic mass is 10.6. The van der Waals surface area contributed by atoms with Crippen LogP contribution >= 0.6 is 0 Å². The van der Waals surface area contributed by atoms with Gasteiger partial charge in [-0.1, -0.05) is 53.0 Å². The van der Waals surface area contributed by atoms with E-state index < -0.39 is 0 Å². The zero-order valence-corrected chi connectivity index (χ0v) is 6.57. The lowest BCUT2D eigenvalue weighted by Crippen LogP contribution is -1.21. The Balaban J connectivity index is -0.0000000542. The van der Waals surface area contributed by atoms with Gasteiger partial charge in [0, 0.05) is 0 Å². The molecule has 0 heteroatoms. The average Bonchev–Trinajstić information content (AvgIpc) is 1.96. The lowest BCUT2D eigenvalue weighted by molar-refractivity contribution is 1.50. The molecule has 0 rings (SSSR count). The molecule has 0 amide bonds. The van der Waals surface area contributed by atoms with Gasteiger partial charge in [-0.25, -0.2) is 0 Å². The summed E-state index contributed by atoms with van der Waals surface area (Å²) in [5.74, 6) is 0. The van der Waals surface area contributed by atoms with E-state index in [-0.39, 0.29) is 0 Å². The van der Waals surface area contributed by atoms with E-state index in [1.165, 1.54) is 0 Å². The normalized spacial score (nSPS) is 4.00. The Morgan fingerprint density at radius 1 is 0.750 bits per heavy atom. The molecular formula is C8H18. The monoisotopic (exact) mass is 114 g/mol. The highest BCUT2D eigenvalue weighted by molar-refractivity contribution is 4.88. The van der Waals surface area contributed by atoms with Crippen LogP contribution < -0.4 is 0 Å². The Morgan fingerprint density at radius 3 is 0.875 bits per heavy atom. The maximum Gasteiger partial charge on any atom is -0.0683 e. The average molecular weight is 114 g/mol. The fourth-order valence-electron chi connectivity index (χ4n) is 0. The lowest BCUT2D eigenvalue weighted by Gasteiger charge is -1.44. The van der Waals surface area contributed by atoms with E-state index in [1.54, 1.807) is 12.2 Å². The molecule has 0 aromatic rings. The van der Waals surface area contributed by atoms with Crippen molar-refractivity contribution in [2.75, 3.05) is 0 Å². The third-order valence-electron chi connectivity index (χ3n) is 0.167.